The fourth-order valence-electron chi connectivity index (χ4n) is 6.26. The molecule has 1 amide bonds. The number of unbranched alkanes of at least 4 members (excludes halogenated alkanes) is 20. The van der Waals surface area contributed by atoms with Crippen LogP contribution in [0.25, 0.3) is 0 Å². The number of esters is 1. The molecule has 0 spiro atoms. The molecule has 51 heavy (non-hydrogen) atoms. The number of carbonyl (C=O) groups is 2. The monoisotopic (exact) mass is 716 g/mol. The molecule has 6 heteroatoms. The smallest absolute Gasteiger partial charge is 0.306 e. The second kappa shape index (κ2) is 39.0. The van der Waals surface area contributed by atoms with E-state index in [1.165, 1.54) is 83.5 Å². The van der Waals surface area contributed by atoms with E-state index in [2.05, 4.69) is 44.3 Å². The van der Waals surface area contributed by atoms with Gasteiger partial charge in [0.25, 0.3) is 0 Å². The van der Waals surface area contributed by atoms with Crippen LogP contribution in [0.5, 0.6) is 0 Å². The first kappa shape index (κ1) is 48.8. The van der Waals surface area contributed by atoms with Gasteiger partial charge in [0.15, 0.2) is 0 Å². The number of nitrogens with one attached hydrogen (secondary N) is 1. The lowest BCUT2D eigenvalue weighted by molar-refractivity contribution is -0.151. The molecule has 0 fully saturated rings. The number of ether oxygens (including phenoxy) is 1. The van der Waals surface area contributed by atoms with Crippen molar-refractivity contribution >= 4 is 11.9 Å². The summed E-state index contributed by atoms with van der Waals surface area (Å²) in [6, 6.07) is -0.710. The average Bonchev–Trinajstić information content (AvgIpc) is 3.12. The van der Waals surface area contributed by atoms with E-state index >= 15 is 0 Å². The molecule has 3 unspecified atom stereocenters. The average molecular weight is 716 g/mol. The first-order valence-corrected chi connectivity index (χ1v) is 21.4. The Balaban J connectivity index is 4.70. The first-order valence-electron chi connectivity index (χ1n) is 21.4. The van der Waals surface area contributed by atoms with Gasteiger partial charge in [0.05, 0.1) is 25.2 Å². The van der Waals surface area contributed by atoms with Gasteiger partial charge in [0.2, 0.25) is 5.91 Å². The second-order valence-corrected chi connectivity index (χ2v) is 14.5. The molecule has 3 N–H and O–H groups in total. The highest BCUT2D eigenvalue weighted by Crippen LogP contribution is 2.17. The number of carbonyl (C=O) groups excluding carboxylic acids is 2. The summed E-state index contributed by atoms with van der Waals surface area (Å²) < 4.78 is 5.86. The number of hydrogen-bond acceptors (Lipinski definition) is 5. The van der Waals surface area contributed by atoms with Crippen LogP contribution in [0.4, 0.5) is 0 Å². The van der Waals surface area contributed by atoms with Crippen LogP contribution < -0.4 is 5.32 Å². The van der Waals surface area contributed by atoms with E-state index in [4.69, 9.17) is 4.74 Å². The molecule has 0 bridgehead atoms. The van der Waals surface area contributed by atoms with Crippen LogP contribution in [0.3, 0.4) is 0 Å². The summed E-state index contributed by atoms with van der Waals surface area (Å²) in [6.45, 7) is 6.28. The van der Waals surface area contributed by atoms with Crippen LogP contribution in [0.15, 0.2) is 48.6 Å². The highest BCUT2D eigenvalue weighted by atomic mass is 16.5. The van der Waals surface area contributed by atoms with E-state index in [0.717, 1.165) is 70.6 Å². The van der Waals surface area contributed by atoms with Crippen molar-refractivity contribution in [1.29, 1.82) is 0 Å². The van der Waals surface area contributed by atoms with Gasteiger partial charge in [0.1, 0.15) is 6.10 Å². The molecule has 0 saturated carbocycles. The van der Waals surface area contributed by atoms with Gasteiger partial charge in [-0.15, -0.1) is 0 Å². The summed E-state index contributed by atoms with van der Waals surface area (Å²) >= 11 is 0. The van der Waals surface area contributed by atoms with Crippen molar-refractivity contribution < 1.29 is 24.5 Å². The summed E-state index contributed by atoms with van der Waals surface area (Å²) in [4.78, 5) is 25.9. The number of amides is 1. The number of allylic oxidation sites excluding steroid dienone is 8. The quantitative estimate of drug-likeness (QED) is 0.0338. The van der Waals surface area contributed by atoms with Gasteiger partial charge in [-0.1, -0.05) is 191 Å². The highest BCUT2D eigenvalue weighted by molar-refractivity contribution is 5.77. The van der Waals surface area contributed by atoms with Gasteiger partial charge in [-0.2, -0.15) is 0 Å². The Morgan fingerprint density at radius 1 is 0.588 bits per heavy atom. The number of aliphatic hydroxyl groups excluding tert-OH is 2. The third-order valence-electron chi connectivity index (χ3n) is 9.52. The fourth-order valence-corrected chi connectivity index (χ4v) is 6.26. The predicted molar refractivity (Wildman–Crippen MR) is 218 cm³/mol. The summed E-state index contributed by atoms with van der Waals surface area (Å²) in [5, 5.41) is 23.5. The molecule has 0 aromatic rings. The third-order valence-corrected chi connectivity index (χ3v) is 9.52. The molecule has 0 aliphatic carbocycles. The first-order chi connectivity index (χ1) is 25.0. The Labute approximate surface area is 315 Å². The van der Waals surface area contributed by atoms with Crippen LogP contribution >= 0.6 is 0 Å². The number of hydrogen-bond donors (Lipinski definition) is 3. The minimum Gasteiger partial charge on any atom is -0.462 e. The Kier molecular flexibility index (Phi) is 37.4. The number of rotatable bonds is 37. The minimum atomic E-state index is -0.794. The van der Waals surface area contributed by atoms with Crippen molar-refractivity contribution in [3.63, 3.8) is 0 Å². The minimum absolute atomic E-state index is 0.0523. The molecule has 0 radical (unpaired) electrons. The van der Waals surface area contributed by atoms with Crippen molar-refractivity contribution in [2.75, 3.05) is 6.61 Å². The van der Waals surface area contributed by atoms with Crippen molar-refractivity contribution in [3.8, 4) is 0 Å². The van der Waals surface area contributed by atoms with Gasteiger partial charge >= 0.3 is 5.97 Å². The van der Waals surface area contributed by atoms with E-state index in [-0.39, 0.29) is 24.9 Å². The van der Waals surface area contributed by atoms with Crippen molar-refractivity contribution in [2.24, 2.45) is 0 Å². The fraction of sp³-hybridized carbons (Fsp3) is 0.778. The van der Waals surface area contributed by atoms with Crippen molar-refractivity contribution in [1.82, 2.24) is 5.32 Å². The van der Waals surface area contributed by atoms with E-state index in [9.17, 15) is 19.8 Å². The van der Waals surface area contributed by atoms with Crippen LogP contribution in [0.1, 0.15) is 201 Å². The second-order valence-electron chi connectivity index (χ2n) is 14.5. The topological polar surface area (TPSA) is 95.9 Å². The lowest BCUT2D eigenvalue weighted by Gasteiger charge is -2.24. The Morgan fingerprint density at radius 2 is 1.06 bits per heavy atom. The molecule has 6 nitrogen and oxygen atoms in total. The largest absolute Gasteiger partial charge is 0.462 e. The maximum absolute atomic E-state index is 13.1. The molecule has 0 rings (SSSR count). The molecule has 0 aliphatic rings. The molecule has 0 aromatic carbocycles. The van der Waals surface area contributed by atoms with Gasteiger partial charge in [-0.3, -0.25) is 9.59 Å². The molecule has 0 saturated heterocycles. The number of aliphatic hydroxyl groups is 2. The normalized spacial score (nSPS) is 13.9. The van der Waals surface area contributed by atoms with Crippen LogP contribution in [-0.2, 0) is 14.3 Å². The summed E-state index contributed by atoms with van der Waals surface area (Å²) in [7, 11) is 0. The molecule has 3 atom stereocenters. The Bertz CT molecular complexity index is 895. The van der Waals surface area contributed by atoms with Crippen LogP contribution in [0, 0.1) is 0 Å². The zero-order valence-corrected chi connectivity index (χ0v) is 33.5. The molecule has 0 heterocycles. The molecule has 296 valence electrons. The zero-order chi connectivity index (χ0) is 37.5. The summed E-state index contributed by atoms with van der Waals surface area (Å²) in [5.74, 6) is -0.517. The third kappa shape index (κ3) is 34.7. The van der Waals surface area contributed by atoms with E-state index < -0.39 is 18.2 Å². The molecular formula is C45H81NO5. The molecule has 0 aromatic heterocycles. The van der Waals surface area contributed by atoms with Crippen LogP contribution in [-0.4, -0.2) is 46.9 Å². The standard InChI is InChI=1S/C45H81NO5/c1-4-7-10-13-16-19-21-22-23-25-27-30-33-36-41(51-45(50)38-35-32-29-26-20-17-14-11-8-5-2)39-44(49)46-42(40-47)43(48)37-34-31-28-24-18-15-12-9-6-3/h7,10,13,16,19,21-23,41-43,47-48H,4-6,8-9,11-12,14-15,17-18,20,24-40H2,1-3H3,(H,46,49)/b10-7+,16-13+,21-19+,23-22-. The zero-order valence-electron chi connectivity index (χ0n) is 33.5. The van der Waals surface area contributed by atoms with Gasteiger partial charge in [-0.05, 0) is 44.9 Å². The lowest BCUT2D eigenvalue weighted by Crippen LogP contribution is -2.46. The highest BCUT2D eigenvalue weighted by Gasteiger charge is 2.24. The lowest BCUT2D eigenvalue weighted by atomic mass is 10.0. The van der Waals surface area contributed by atoms with E-state index in [0.29, 0.717) is 19.3 Å². The van der Waals surface area contributed by atoms with E-state index in [1.54, 1.807) is 0 Å². The Hall–Kier alpha value is -2.18. The summed E-state index contributed by atoms with van der Waals surface area (Å²) in [6.07, 6.45) is 44.6. The van der Waals surface area contributed by atoms with E-state index in [1.807, 2.05) is 30.4 Å². The van der Waals surface area contributed by atoms with Crippen molar-refractivity contribution in [3.05, 3.63) is 48.6 Å². The maximum atomic E-state index is 13.1. The van der Waals surface area contributed by atoms with Crippen LogP contribution in [0.2, 0.25) is 0 Å². The van der Waals surface area contributed by atoms with Gasteiger partial charge in [0, 0.05) is 6.42 Å². The summed E-state index contributed by atoms with van der Waals surface area (Å²) in [5.41, 5.74) is 0. The van der Waals surface area contributed by atoms with Gasteiger partial charge in [-0.25, -0.2) is 0 Å². The van der Waals surface area contributed by atoms with Gasteiger partial charge < -0.3 is 20.3 Å². The SMILES string of the molecule is CC/C=C/C=C/C=C/C=C\CCCCCC(CC(=O)NC(CO)C(O)CCCCCCCCCCC)OC(=O)CCCCCCCCCCCC. The molecular weight excluding hydrogens is 634 g/mol. The predicted octanol–water partition coefficient (Wildman–Crippen LogP) is 11.9. The molecule has 0 aliphatic heterocycles. The van der Waals surface area contributed by atoms with Crippen molar-refractivity contribution in [2.45, 2.75) is 219 Å². The maximum Gasteiger partial charge on any atom is 0.306 e. The Morgan fingerprint density at radius 3 is 1.61 bits per heavy atom.